The van der Waals surface area contributed by atoms with Crippen LogP contribution in [-0.4, -0.2) is 48.7 Å². The first-order valence-corrected chi connectivity index (χ1v) is 10.8. The zero-order valence-electron chi connectivity index (χ0n) is 15.2. The third-order valence-corrected chi connectivity index (χ3v) is 6.91. The number of benzene rings is 1. The Bertz CT molecular complexity index is 938. The van der Waals surface area contributed by atoms with Crippen LogP contribution in [0.2, 0.25) is 0 Å². The highest BCUT2D eigenvalue weighted by atomic mass is 32.2. The van der Waals surface area contributed by atoms with Crippen LogP contribution >= 0.6 is 0 Å². The van der Waals surface area contributed by atoms with Crippen molar-refractivity contribution in [2.24, 2.45) is 0 Å². The molecule has 0 radical (unpaired) electrons. The number of rotatable bonds is 7. The van der Waals surface area contributed by atoms with E-state index in [0.29, 0.717) is 49.6 Å². The maximum atomic E-state index is 13.4. The summed E-state index contributed by atoms with van der Waals surface area (Å²) in [6.45, 7) is 0.963. The van der Waals surface area contributed by atoms with E-state index in [0.717, 1.165) is 25.0 Å². The van der Waals surface area contributed by atoms with Crippen molar-refractivity contribution in [1.29, 1.82) is 0 Å². The van der Waals surface area contributed by atoms with E-state index < -0.39 is 21.7 Å². The quantitative estimate of drug-likeness (QED) is 0.694. The van der Waals surface area contributed by atoms with Gasteiger partial charge in [0.05, 0.1) is 17.6 Å². The Kier molecular flexibility index (Phi) is 5.44. The number of halogens is 2. The smallest absolute Gasteiger partial charge is 0.243 e. The maximum Gasteiger partial charge on any atom is 0.243 e. The van der Waals surface area contributed by atoms with E-state index in [1.54, 1.807) is 0 Å². The molecule has 1 aliphatic carbocycles. The average Bonchev–Trinajstić information content (AvgIpc) is 3.43. The first-order chi connectivity index (χ1) is 13.4. The summed E-state index contributed by atoms with van der Waals surface area (Å²) in [4.78, 5) is 4.10. The second-order valence-electron chi connectivity index (χ2n) is 7.12. The van der Waals surface area contributed by atoms with Crippen LogP contribution in [0.5, 0.6) is 0 Å². The molecule has 152 valence electrons. The summed E-state index contributed by atoms with van der Waals surface area (Å²) in [7, 11) is -3.85. The van der Waals surface area contributed by atoms with Gasteiger partial charge in [0, 0.05) is 25.4 Å². The van der Waals surface area contributed by atoms with Crippen LogP contribution in [0.3, 0.4) is 0 Å². The molecular formula is C18H21F2N3O4S. The number of nitrogens with zero attached hydrogens (tertiary/aromatic N) is 3. The minimum absolute atomic E-state index is 0.0637. The number of aromatic nitrogens is 2. The zero-order chi connectivity index (χ0) is 19.7. The van der Waals surface area contributed by atoms with Crippen LogP contribution < -0.4 is 0 Å². The SMILES string of the molecule is O=S(=O)(c1ccc(F)c(F)c1)N1CCC(OCCc2noc(C3CC3)n2)CC1. The molecular weight excluding hydrogens is 392 g/mol. The molecule has 0 bridgehead atoms. The summed E-state index contributed by atoms with van der Waals surface area (Å²) < 4.78 is 63.9. The molecule has 1 aromatic carbocycles. The van der Waals surface area contributed by atoms with Crippen LogP contribution in [0, 0.1) is 11.6 Å². The van der Waals surface area contributed by atoms with Gasteiger partial charge in [0.1, 0.15) is 0 Å². The summed E-state index contributed by atoms with van der Waals surface area (Å²) in [6, 6.07) is 2.62. The summed E-state index contributed by atoms with van der Waals surface area (Å²) in [6.07, 6.45) is 3.74. The summed E-state index contributed by atoms with van der Waals surface area (Å²) in [5.74, 6) is -0.503. The standard InChI is InChI=1S/C18H21F2N3O4S/c19-15-4-3-14(11-16(15)20)28(24,25)23-8-5-13(6-9-23)26-10-7-17-21-18(27-22-17)12-1-2-12/h3-4,11-13H,1-2,5-10H2. The fraction of sp³-hybridized carbons (Fsp3) is 0.556. The Morgan fingerprint density at radius 3 is 2.57 bits per heavy atom. The average molecular weight is 413 g/mol. The van der Waals surface area contributed by atoms with Gasteiger partial charge in [-0.05, 0) is 43.9 Å². The van der Waals surface area contributed by atoms with Gasteiger partial charge in [0.2, 0.25) is 15.9 Å². The van der Waals surface area contributed by atoms with Gasteiger partial charge in [-0.3, -0.25) is 0 Å². The van der Waals surface area contributed by atoms with E-state index in [-0.39, 0.29) is 24.1 Å². The van der Waals surface area contributed by atoms with Crippen molar-refractivity contribution in [3.8, 4) is 0 Å². The molecule has 1 saturated heterocycles. The van der Waals surface area contributed by atoms with Crippen molar-refractivity contribution in [2.75, 3.05) is 19.7 Å². The Labute approximate surface area is 161 Å². The van der Waals surface area contributed by atoms with Crippen LogP contribution in [0.25, 0.3) is 0 Å². The van der Waals surface area contributed by atoms with Crippen molar-refractivity contribution in [2.45, 2.75) is 49.0 Å². The lowest BCUT2D eigenvalue weighted by Gasteiger charge is -2.31. The molecule has 1 saturated carbocycles. The molecule has 0 atom stereocenters. The van der Waals surface area contributed by atoms with Crippen molar-refractivity contribution < 1.29 is 26.5 Å². The predicted molar refractivity (Wildman–Crippen MR) is 94.1 cm³/mol. The molecule has 1 aliphatic heterocycles. The first-order valence-electron chi connectivity index (χ1n) is 9.33. The molecule has 0 amide bonds. The molecule has 2 aliphatic rings. The van der Waals surface area contributed by atoms with Crippen LogP contribution in [0.15, 0.2) is 27.6 Å². The van der Waals surface area contributed by atoms with Crippen molar-refractivity contribution >= 4 is 10.0 Å². The second kappa shape index (κ2) is 7.84. The fourth-order valence-corrected chi connectivity index (χ4v) is 4.69. The summed E-state index contributed by atoms with van der Waals surface area (Å²) in [5, 5.41) is 3.94. The summed E-state index contributed by atoms with van der Waals surface area (Å²) >= 11 is 0. The number of piperidine rings is 1. The van der Waals surface area contributed by atoms with E-state index in [1.165, 1.54) is 4.31 Å². The van der Waals surface area contributed by atoms with Gasteiger partial charge in [0.25, 0.3) is 0 Å². The largest absolute Gasteiger partial charge is 0.378 e. The highest BCUT2D eigenvalue weighted by Crippen LogP contribution is 2.38. The van der Waals surface area contributed by atoms with Crippen molar-refractivity contribution in [1.82, 2.24) is 14.4 Å². The Morgan fingerprint density at radius 1 is 1.14 bits per heavy atom. The molecule has 0 unspecified atom stereocenters. The number of sulfonamides is 1. The van der Waals surface area contributed by atoms with Crippen LogP contribution in [0.1, 0.15) is 43.3 Å². The van der Waals surface area contributed by atoms with Crippen LogP contribution in [0.4, 0.5) is 8.78 Å². The van der Waals surface area contributed by atoms with Gasteiger partial charge < -0.3 is 9.26 Å². The topological polar surface area (TPSA) is 85.5 Å². The molecule has 7 nitrogen and oxygen atoms in total. The second-order valence-corrected chi connectivity index (χ2v) is 9.06. The van der Waals surface area contributed by atoms with E-state index in [9.17, 15) is 17.2 Å². The molecule has 0 N–H and O–H groups in total. The van der Waals surface area contributed by atoms with Gasteiger partial charge in [-0.2, -0.15) is 9.29 Å². The monoisotopic (exact) mass is 413 g/mol. The third kappa shape index (κ3) is 4.23. The van der Waals surface area contributed by atoms with Gasteiger partial charge in [-0.15, -0.1) is 0 Å². The maximum absolute atomic E-state index is 13.4. The lowest BCUT2D eigenvalue weighted by atomic mass is 10.1. The molecule has 28 heavy (non-hydrogen) atoms. The number of hydrogen-bond donors (Lipinski definition) is 0. The van der Waals surface area contributed by atoms with Gasteiger partial charge >= 0.3 is 0 Å². The predicted octanol–water partition coefficient (Wildman–Crippen LogP) is 2.64. The van der Waals surface area contributed by atoms with Crippen LogP contribution in [-0.2, 0) is 21.2 Å². The minimum Gasteiger partial charge on any atom is -0.378 e. The molecule has 10 heteroatoms. The minimum atomic E-state index is -3.85. The molecule has 2 fully saturated rings. The van der Waals surface area contributed by atoms with E-state index >= 15 is 0 Å². The Hall–Kier alpha value is -1.91. The lowest BCUT2D eigenvalue weighted by molar-refractivity contribution is 0.0222. The fourth-order valence-electron chi connectivity index (χ4n) is 3.21. The molecule has 4 rings (SSSR count). The van der Waals surface area contributed by atoms with Gasteiger partial charge in [-0.1, -0.05) is 5.16 Å². The van der Waals surface area contributed by atoms with Crippen molar-refractivity contribution in [3.63, 3.8) is 0 Å². The molecule has 2 aromatic rings. The van der Waals surface area contributed by atoms with E-state index in [2.05, 4.69) is 10.1 Å². The highest BCUT2D eigenvalue weighted by Gasteiger charge is 2.31. The Morgan fingerprint density at radius 2 is 1.89 bits per heavy atom. The lowest BCUT2D eigenvalue weighted by Crippen LogP contribution is -2.41. The van der Waals surface area contributed by atoms with Gasteiger partial charge in [-0.25, -0.2) is 17.2 Å². The molecule has 0 spiro atoms. The van der Waals surface area contributed by atoms with Gasteiger partial charge in [0.15, 0.2) is 17.5 Å². The molecule has 2 heterocycles. The number of ether oxygens (including phenoxy) is 1. The normalized spacial score (nSPS) is 19.2. The number of hydrogen-bond acceptors (Lipinski definition) is 6. The van der Waals surface area contributed by atoms with E-state index in [4.69, 9.17) is 9.26 Å². The zero-order valence-corrected chi connectivity index (χ0v) is 16.0. The third-order valence-electron chi connectivity index (χ3n) is 5.02. The van der Waals surface area contributed by atoms with Crippen molar-refractivity contribution in [3.05, 3.63) is 41.5 Å². The van der Waals surface area contributed by atoms with E-state index in [1.807, 2.05) is 0 Å². The summed E-state index contributed by atoms with van der Waals surface area (Å²) in [5.41, 5.74) is 0. The highest BCUT2D eigenvalue weighted by molar-refractivity contribution is 7.89. The Balaban J connectivity index is 1.26. The molecule has 1 aromatic heterocycles. The first kappa shape index (κ1) is 19.4.